The maximum absolute atomic E-state index is 13.8. The van der Waals surface area contributed by atoms with Crippen LogP contribution in [0.25, 0.3) is 0 Å². The highest BCUT2D eigenvalue weighted by Crippen LogP contribution is 2.38. The van der Waals surface area contributed by atoms with Gasteiger partial charge >= 0.3 is 0 Å². The van der Waals surface area contributed by atoms with Crippen LogP contribution in [0.4, 0.5) is 4.39 Å². The highest BCUT2D eigenvalue weighted by Gasteiger charge is 2.26. The van der Waals surface area contributed by atoms with Gasteiger partial charge < -0.3 is 14.9 Å². The Kier molecular flexibility index (Phi) is 2.90. The highest BCUT2D eigenvalue weighted by atomic mass is 19.1. The molecule has 0 aliphatic rings. The lowest BCUT2D eigenvalue weighted by Gasteiger charge is -2.21. The van der Waals surface area contributed by atoms with Crippen LogP contribution in [0.3, 0.4) is 0 Å². The molecule has 0 heterocycles. The third-order valence-electron chi connectivity index (χ3n) is 2.25. The topological polar surface area (TPSA) is 49.7 Å². The fraction of sp³-hybridized carbons (Fsp3) is 0.455. The standard InChI is InChI=1S/C11H15FO3/c1-6-5-7(11(2,3)14)8(12)10(15-4)9(6)13/h5,13-14H,1-4H3. The van der Waals surface area contributed by atoms with Crippen molar-refractivity contribution in [2.45, 2.75) is 26.4 Å². The fourth-order valence-corrected chi connectivity index (χ4v) is 1.39. The van der Waals surface area contributed by atoms with Gasteiger partial charge in [-0.15, -0.1) is 0 Å². The number of ether oxygens (including phenoxy) is 1. The van der Waals surface area contributed by atoms with E-state index >= 15 is 0 Å². The van der Waals surface area contributed by atoms with E-state index in [9.17, 15) is 14.6 Å². The molecule has 3 nitrogen and oxygen atoms in total. The van der Waals surface area contributed by atoms with Crippen molar-refractivity contribution in [2.75, 3.05) is 7.11 Å². The molecule has 0 aromatic heterocycles. The summed E-state index contributed by atoms with van der Waals surface area (Å²) in [6.45, 7) is 4.56. The number of hydrogen-bond donors (Lipinski definition) is 2. The van der Waals surface area contributed by atoms with Crippen molar-refractivity contribution in [3.63, 3.8) is 0 Å². The molecule has 0 saturated heterocycles. The second-order valence-corrected chi connectivity index (χ2v) is 4.00. The van der Waals surface area contributed by atoms with Crippen molar-refractivity contribution in [2.24, 2.45) is 0 Å². The van der Waals surface area contributed by atoms with Crippen LogP contribution in [0.2, 0.25) is 0 Å². The number of benzene rings is 1. The Morgan fingerprint density at radius 2 is 1.93 bits per heavy atom. The molecule has 0 unspecified atom stereocenters. The third kappa shape index (κ3) is 2.04. The number of methoxy groups -OCH3 is 1. The first-order valence-corrected chi connectivity index (χ1v) is 4.58. The fourth-order valence-electron chi connectivity index (χ4n) is 1.39. The lowest BCUT2D eigenvalue weighted by atomic mass is 9.95. The quantitative estimate of drug-likeness (QED) is 0.792. The molecular formula is C11H15FO3. The van der Waals surface area contributed by atoms with Crippen LogP contribution in [0, 0.1) is 12.7 Å². The van der Waals surface area contributed by atoms with Gasteiger partial charge in [0.25, 0.3) is 0 Å². The zero-order chi connectivity index (χ0) is 11.8. The minimum absolute atomic E-state index is 0.106. The van der Waals surface area contributed by atoms with Crippen LogP contribution in [0.1, 0.15) is 25.0 Å². The summed E-state index contributed by atoms with van der Waals surface area (Å²) in [5.41, 5.74) is -0.740. The molecule has 0 amide bonds. The van der Waals surface area contributed by atoms with Crippen molar-refractivity contribution < 1.29 is 19.3 Å². The Labute approximate surface area is 88.1 Å². The summed E-state index contributed by atoms with van der Waals surface area (Å²) in [6, 6.07) is 1.41. The van der Waals surface area contributed by atoms with Crippen molar-refractivity contribution in [3.8, 4) is 11.5 Å². The molecule has 0 atom stereocenters. The zero-order valence-corrected chi connectivity index (χ0v) is 9.26. The predicted octanol–water partition coefficient (Wildman–Crippen LogP) is 2.08. The van der Waals surface area contributed by atoms with Gasteiger partial charge in [0, 0.05) is 5.56 Å². The Balaban J connectivity index is 3.51. The number of hydrogen-bond acceptors (Lipinski definition) is 3. The largest absolute Gasteiger partial charge is 0.504 e. The van der Waals surface area contributed by atoms with E-state index in [1.54, 1.807) is 6.92 Å². The van der Waals surface area contributed by atoms with Gasteiger partial charge in [-0.3, -0.25) is 0 Å². The van der Waals surface area contributed by atoms with Gasteiger partial charge in [-0.05, 0) is 32.4 Å². The van der Waals surface area contributed by atoms with Crippen molar-refractivity contribution in [3.05, 3.63) is 23.0 Å². The summed E-state index contributed by atoms with van der Waals surface area (Å²) < 4.78 is 18.5. The average Bonchev–Trinajstić information content (AvgIpc) is 2.10. The van der Waals surface area contributed by atoms with Crippen molar-refractivity contribution in [1.29, 1.82) is 0 Å². The number of halogens is 1. The molecule has 4 heteroatoms. The van der Waals surface area contributed by atoms with Crippen LogP contribution < -0.4 is 4.74 Å². The van der Waals surface area contributed by atoms with E-state index in [-0.39, 0.29) is 17.1 Å². The number of rotatable bonds is 2. The average molecular weight is 214 g/mol. The highest BCUT2D eigenvalue weighted by molar-refractivity contribution is 5.50. The van der Waals surface area contributed by atoms with Crippen molar-refractivity contribution >= 4 is 0 Å². The lowest BCUT2D eigenvalue weighted by Crippen LogP contribution is -2.18. The molecule has 0 spiro atoms. The first-order chi connectivity index (χ1) is 6.79. The molecule has 0 aliphatic carbocycles. The van der Waals surface area contributed by atoms with Gasteiger partial charge in [-0.1, -0.05) is 0 Å². The van der Waals surface area contributed by atoms with Crippen LogP contribution in [0.5, 0.6) is 11.5 Å². The molecular weight excluding hydrogens is 199 g/mol. The minimum atomic E-state index is -1.31. The SMILES string of the molecule is COc1c(O)c(C)cc(C(C)(C)O)c1F. The van der Waals surface area contributed by atoms with E-state index in [0.717, 1.165) is 0 Å². The summed E-state index contributed by atoms with van der Waals surface area (Å²) >= 11 is 0. The molecule has 0 radical (unpaired) electrons. The van der Waals surface area contributed by atoms with E-state index in [2.05, 4.69) is 0 Å². The monoisotopic (exact) mass is 214 g/mol. The molecule has 1 aromatic carbocycles. The van der Waals surface area contributed by atoms with Gasteiger partial charge in [-0.2, -0.15) is 0 Å². The first kappa shape index (κ1) is 11.8. The minimum Gasteiger partial charge on any atom is -0.504 e. The summed E-state index contributed by atoms with van der Waals surface area (Å²) in [6.07, 6.45) is 0. The summed E-state index contributed by atoms with van der Waals surface area (Å²) in [4.78, 5) is 0. The summed E-state index contributed by atoms with van der Waals surface area (Å²) in [7, 11) is 1.27. The smallest absolute Gasteiger partial charge is 0.197 e. The van der Waals surface area contributed by atoms with Crippen molar-refractivity contribution in [1.82, 2.24) is 0 Å². The number of aryl methyl sites for hydroxylation is 1. The Morgan fingerprint density at radius 3 is 2.33 bits per heavy atom. The maximum atomic E-state index is 13.8. The Bertz CT molecular complexity index is 380. The molecule has 1 aromatic rings. The molecule has 0 saturated carbocycles. The van der Waals surface area contributed by atoms with E-state index in [1.165, 1.54) is 27.0 Å². The molecule has 0 bridgehead atoms. The summed E-state index contributed by atoms with van der Waals surface area (Å²) in [5, 5.41) is 19.2. The molecule has 0 aliphatic heterocycles. The van der Waals surface area contributed by atoms with Crippen LogP contribution >= 0.6 is 0 Å². The second-order valence-electron chi connectivity index (χ2n) is 4.00. The maximum Gasteiger partial charge on any atom is 0.197 e. The van der Waals surface area contributed by atoms with E-state index in [0.29, 0.717) is 5.56 Å². The Morgan fingerprint density at radius 1 is 1.40 bits per heavy atom. The molecule has 0 fully saturated rings. The van der Waals surface area contributed by atoms with Crippen LogP contribution in [-0.2, 0) is 5.60 Å². The lowest BCUT2D eigenvalue weighted by molar-refractivity contribution is 0.0737. The van der Waals surface area contributed by atoms with Crippen LogP contribution in [0.15, 0.2) is 6.07 Å². The van der Waals surface area contributed by atoms with Crippen LogP contribution in [-0.4, -0.2) is 17.3 Å². The number of phenolic OH excluding ortho intramolecular Hbond substituents is 1. The van der Waals surface area contributed by atoms with E-state index < -0.39 is 11.4 Å². The summed E-state index contributed by atoms with van der Waals surface area (Å²) in [5.74, 6) is -1.19. The van der Waals surface area contributed by atoms with Gasteiger partial charge in [0.2, 0.25) is 0 Å². The molecule has 84 valence electrons. The zero-order valence-electron chi connectivity index (χ0n) is 9.26. The first-order valence-electron chi connectivity index (χ1n) is 4.58. The number of aliphatic hydroxyl groups is 1. The van der Waals surface area contributed by atoms with E-state index in [1.807, 2.05) is 0 Å². The van der Waals surface area contributed by atoms with Gasteiger partial charge in [0.15, 0.2) is 17.3 Å². The molecule has 1 rings (SSSR count). The number of phenols is 1. The molecule has 15 heavy (non-hydrogen) atoms. The number of aromatic hydroxyl groups is 1. The molecule has 2 N–H and O–H groups in total. The second kappa shape index (κ2) is 3.70. The third-order valence-corrected chi connectivity index (χ3v) is 2.25. The predicted molar refractivity (Wildman–Crippen MR) is 54.6 cm³/mol. The van der Waals surface area contributed by atoms with Gasteiger partial charge in [0.05, 0.1) is 12.7 Å². The van der Waals surface area contributed by atoms with Gasteiger partial charge in [-0.25, -0.2) is 4.39 Å². The van der Waals surface area contributed by atoms with E-state index in [4.69, 9.17) is 4.74 Å². The Hall–Kier alpha value is -1.29. The van der Waals surface area contributed by atoms with Gasteiger partial charge in [0.1, 0.15) is 0 Å². The normalized spacial score (nSPS) is 11.6.